The molecular formula is C20H20ClN3O3S. The number of benzene rings is 2. The van der Waals surface area contributed by atoms with E-state index in [9.17, 15) is 4.79 Å². The van der Waals surface area contributed by atoms with E-state index in [-0.39, 0.29) is 12.5 Å². The first-order valence-electron chi connectivity index (χ1n) is 9.00. The summed E-state index contributed by atoms with van der Waals surface area (Å²) in [5, 5.41) is 4.04. The van der Waals surface area contributed by atoms with Crippen molar-refractivity contribution in [1.82, 2.24) is 4.98 Å². The quantitative estimate of drug-likeness (QED) is 0.676. The monoisotopic (exact) mass is 417 g/mol. The van der Waals surface area contributed by atoms with Crippen LogP contribution >= 0.6 is 22.9 Å². The number of morpholine rings is 1. The topological polar surface area (TPSA) is 63.7 Å². The standard InChI is InChI=1S/C20H20ClN3O3S/c1-13-10-15(3-4-16(13)21)27-12-19(25)23-20-22-17-5-2-14(11-18(17)28-20)24-6-8-26-9-7-24/h2-5,10-11H,6-9,12H2,1H3,(H,22,23,25). The average Bonchev–Trinajstić information content (AvgIpc) is 3.11. The zero-order valence-corrected chi connectivity index (χ0v) is 17.0. The fourth-order valence-corrected chi connectivity index (χ4v) is 4.03. The Balaban J connectivity index is 1.39. The molecule has 0 bridgehead atoms. The number of nitrogens with zero attached hydrogens (tertiary/aromatic N) is 2. The summed E-state index contributed by atoms with van der Waals surface area (Å²) >= 11 is 7.45. The van der Waals surface area contributed by atoms with Crippen LogP contribution in [-0.2, 0) is 9.53 Å². The van der Waals surface area contributed by atoms with Gasteiger partial charge < -0.3 is 14.4 Å². The van der Waals surface area contributed by atoms with Gasteiger partial charge in [0.15, 0.2) is 11.7 Å². The molecule has 28 heavy (non-hydrogen) atoms. The lowest BCUT2D eigenvalue weighted by atomic mass is 10.2. The Morgan fingerprint density at radius 1 is 1.29 bits per heavy atom. The molecule has 4 rings (SSSR count). The van der Waals surface area contributed by atoms with Crippen molar-refractivity contribution in [2.24, 2.45) is 0 Å². The maximum atomic E-state index is 12.2. The second kappa shape index (κ2) is 8.34. The number of carbonyl (C=O) groups is 1. The molecule has 0 aliphatic carbocycles. The molecule has 0 radical (unpaired) electrons. The fourth-order valence-electron chi connectivity index (χ4n) is 3.00. The van der Waals surface area contributed by atoms with E-state index in [1.807, 2.05) is 13.0 Å². The van der Waals surface area contributed by atoms with Crippen molar-refractivity contribution in [1.29, 1.82) is 0 Å². The lowest BCUT2D eigenvalue weighted by Gasteiger charge is -2.28. The third-order valence-electron chi connectivity index (χ3n) is 4.49. The van der Waals surface area contributed by atoms with Gasteiger partial charge >= 0.3 is 0 Å². The smallest absolute Gasteiger partial charge is 0.264 e. The van der Waals surface area contributed by atoms with E-state index in [1.54, 1.807) is 18.2 Å². The van der Waals surface area contributed by atoms with E-state index in [0.717, 1.165) is 47.8 Å². The van der Waals surface area contributed by atoms with Gasteiger partial charge in [0.2, 0.25) is 0 Å². The van der Waals surface area contributed by atoms with Crippen LogP contribution in [0.25, 0.3) is 10.2 Å². The highest BCUT2D eigenvalue weighted by molar-refractivity contribution is 7.22. The molecule has 0 unspecified atom stereocenters. The van der Waals surface area contributed by atoms with Crippen molar-refractivity contribution >= 4 is 49.9 Å². The molecule has 2 heterocycles. The normalized spacial score (nSPS) is 14.3. The van der Waals surface area contributed by atoms with Crippen molar-refractivity contribution in [3.63, 3.8) is 0 Å². The fraction of sp³-hybridized carbons (Fsp3) is 0.300. The molecular weight excluding hydrogens is 398 g/mol. The van der Waals surface area contributed by atoms with E-state index >= 15 is 0 Å². The zero-order chi connectivity index (χ0) is 19.5. The number of amides is 1. The van der Waals surface area contributed by atoms with Crippen molar-refractivity contribution in [3.8, 4) is 5.75 Å². The van der Waals surface area contributed by atoms with Crippen LogP contribution in [0.3, 0.4) is 0 Å². The number of carbonyl (C=O) groups excluding carboxylic acids is 1. The van der Waals surface area contributed by atoms with E-state index in [2.05, 4.69) is 27.3 Å². The molecule has 1 aliphatic rings. The maximum Gasteiger partial charge on any atom is 0.264 e. The Kier molecular flexibility index (Phi) is 5.66. The Morgan fingerprint density at radius 3 is 2.89 bits per heavy atom. The predicted molar refractivity (Wildman–Crippen MR) is 113 cm³/mol. The Hall–Kier alpha value is -2.35. The van der Waals surface area contributed by atoms with Gasteiger partial charge in [-0.2, -0.15) is 0 Å². The van der Waals surface area contributed by atoms with Crippen molar-refractivity contribution in [3.05, 3.63) is 47.0 Å². The van der Waals surface area contributed by atoms with Gasteiger partial charge in [0.1, 0.15) is 5.75 Å². The molecule has 1 amide bonds. The van der Waals surface area contributed by atoms with Gasteiger partial charge in [0.05, 0.1) is 23.4 Å². The molecule has 8 heteroatoms. The molecule has 3 aromatic rings. The Morgan fingerprint density at radius 2 is 2.11 bits per heavy atom. The van der Waals surface area contributed by atoms with Crippen LogP contribution in [0.4, 0.5) is 10.8 Å². The summed E-state index contributed by atoms with van der Waals surface area (Å²) in [7, 11) is 0. The molecule has 2 aromatic carbocycles. The summed E-state index contributed by atoms with van der Waals surface area (Å²) in [4.78, 5) is 19.0. The van der Waals surface area contributed by atoms with Gasteiger partial charge in [-0.25, -0.2) is 4.98 Å². The number of aryl methyl sites for hydroxylation is 1. The second-order valence-electron chi connectivity index (χ2n) is 6.52. The van der Waals surface area contributed by atoms with Crippen LogP contribution in [0.5, 0.6) is 5.75 Å². The number of nitrogens with one attached hydrogen (secondary N) is 1. The highest BCUT2D eigenvalue weighted by atomic mass is 35.5. The summed E-state index contributed by atoms with van der Waals surface area (Å²) in [6.07, 6.45) is 0. The minimum Gasteiger partial charge on any atom is -0.484 e. The molecule has 0 saturated carbocycles. The van der Waals surface area contributed by atoms with Crippen LogP contribution in [0.15, 0.2) is 36.4 Å². The first-order chi connectivity index (χ1) is 13.6. The summed E-state index contributed by atoms with van der Waals surface area (Å²) in [5.74, 6) is 0.358. The summed E-state index contributed by atoms with van der Waals surface area (Å²) in [5.41, 5.74) is 2.92. The molecule has 146 valence electrons. The largest absolute Gasteiger partial charge is 0.484 e. The van der Waals surface area contributed by atoms with Gasteiger partial charge in [-0.05, 0) is 48.9 Å². The van der Waals surface area contributed by atoms with E-state index in [1.165, 1.54) is 11.3 Å². The number of thiazole rings is 1. The third kappa shape index (κ3) is 4.38. The number of ether oxygens (including phenoxy) is 2. The average molecular weight is 418 g/mol. The van der Waals surface area contributed by atoms with Gasteiger partial charge in [-0.1, -0.05) is 22.9 Å². The second-order valence-corrected chi connectivity index (χ2v) is 7.96. The van der Waals surface area contributed by atoms with Gasteiger partial charge in [-0.3, -0.25) is 10.1 Å². The maximum absolute atomic E-state index is 12.2. The number of rotatable bonds is 5. The summed E-state index contributed by atoms with van der Waals surface area (Å²) < 4.78 is 12.0. The molecule has 0 spiro atoms. The summed E-state index contributed by atoms with van der Waals surface area (Å²) in [6, 6.07) is 11.5. The molecule has 1 aliphatic heterocycles. The van der Waals surface area contributed by atoms with E-state index in [0.29, 0.717) is 15.9 Å². The molecule has 1 aromatic heterocycles. The third-order valence-corrected chi connectivity index (χ3v) is 5.85. The van der Waals surface area contributed by atoms with Gasteiger partial charge in [-0.15, -0.1) is 0 Å². The van der Waals surface area contributed by atoms with E-state index in [4.69, 9.17) is 21.1 Å². The van der Waals surface area contributed by atoms with Gasteiger partial charge in [0, 0.05) is 23.8 Å². The minimum absolute atomic E-state index is 0.0873. The highest BCUT2D eigenvalue weighted by Gasteiger charge is 2.14. The first kappa shape index (κ1) is 19.0. The van der Waals surface area contributed by atoms with Crippen LogP contribution in [-0.4, -0.2) is 43.8 Å². The molecule has 1 fully saturated rings. The number of halogens is 1. The SMILES string of the molecule is Cc1cc(OCC(=O)Nc2nc3ccc(N4CCOCC4)cc3s2)ccc1Cl. The molecule has 1 N–H and O–H groups in total. The molecule has 6 nitrogen and oxygen atoms in total. The predicted octanol–water partition coefficient (Wildman–Crippen LogP) is 4.11. The van der Waals surface area contributed by atoms with Crippen LogP contribution in [0, 0.1) is 6.92 Å². The molecule has 1 saturated heterocycles. The van der Waals surface area contributed by atoms with Crippen LogP contribution in [0.1, 0.15) is 5.56 Å². The van der Waals surface area contributed by atoms with Crippen molar-refractivity contribution in [2.45, 2.75) is 6.92 Å². The minimum atomic E-state index is -0.250. The van der Waals surface area contributed by atoms with E-state index < -0.39 is 0 Å². The Labute approximate surface area is 172 Å². The lowest BCUT2D eigenvalue weighted by Crippen LogP contribution is -2.36. The molecule has 0 atom stereocenters. The number of hydrogen-bond acceptors (Lipinski definition) is 6. The Bertz CT molecular complexity index is 1000. The highest BCUT2D eigenvalue weighted by Crippen LogP contribution is 2.30. The lowest BCUT2D eigenvalue weighted by molar-refractivity contribution is -0.118. The number of anilines is 2. The van der Waals surface area contributed by atoms with Crippen molar-refractivity contribution in [2.75, 3.05) is 43.1 Å². The van der Waals surface area contributed by atoms with Crippen LogP contribution in [0.2, 0.25) is 5.02 Å². The number of fused-ring (bicyclic) bond motifs is 1. The zero-order valence-electron chi connectivity index (χ0n) is 15.4. The number of hydrogen-bond donors (Lipinski definition) is 1. The number of aromatic nitrogens is 1. The first-order valence-corrected chi connectivity index (χ1v) is 10.2. The van der Waals surface area contributed by atoms with Crippen LogP contribution < -0.4 is 15.0 Å². The summed E-state index contributed by atoms with van der Waals surface area (Å²) in [6.45, 7) is 5.06. The van der Waals surface area contributed by atoms with Crippen molar-refractivity contribution < 1.29 is 14.3 Å². The van der Waals surface area contributed by atoms with Gasteiger partial charge in [0.25, 0.3) is 5.91 Å².